The lowest BCUT2D eigenvalue weighted by atomic mass is 10.1. The Balaban J connectivity index is 2.19. The van der Waals surface area contributed by atoms with Crippen LogP contribution < -0.4 is 5.32 Å². The highest BCUT2D eigenvalue weighted by Crippen LogP contribution is 2.20. The average molecular weight is 212 g/mol. The van der Waals surface area contributed by atoms with E-state index in [9.17, 15) is 4.79 Å². The summed E-state index contributed by atoms with van der Waals surface area (Å²) in [7, 11) is 1.98. The van der Waals surface area contributed by atoms with Crippen LogP contribution in [0.4, 0.5) is 0 Å². The SMILES string of the molecule is CCC1CC(=O)N(CCCC(C)NC)C1. The van der Waals surface area contributed by atoms with Gasteiger partial charge in [-0.3, -0.25) is 4.79 Å². The predicted molar refractivity (Wildman–Crippen MR) is 62.7 cm³/mol. The number of nitrogens with zero attached hydrogens (tertiary/aromatic N) is 1. The molecule has 0 spiro atoms. The van der Waals surface area contributed by atoms with Crippen LogP contribution in [0.15, 0.2) is 0 Å². The third-order valence-corrected chi connectivity index (χ3v) is 3.43. The maximum absolute atomic E-state index is 11.6. The molecule has 1 aliphatic heterocycles. The Bertz CT molecular complexity index is 206. The van der Waals surface area contributed by atoms with Crippen LogP contribution in [0.2, 0.25) is 0 Å². The van der Waals surface area contributed by atoms with Crippen molar-refractivity contribution in [3.63, 3.8) is 0 Å². The number of rotatable bonds is 6. The molecule has 1 fully saturated rings. The molecule has 2 unspecified atom stereocenters. The minimum atomic E-state index is 0.360. The summed E-state index contributed by atoms with van der Waals surface area (Å²) < 4.78 is 0. The second-order valence-corrected chi connectivity index (χ2v) is 4.65. The Labute approximate surface area is 93.2 Å². The van der Waals surface area contributed by atoms with E-state index in [1.54, 1.807) is 0 Å². The van der Waals surface area contributed by atoms with Crippen molar-refractivity contribution in [1.82, 2.24) is 10.2 Å². The minimum absolute atomic E-state index is 0.360. The molecule has 1 rings (SSSR count). The molecule has 1 N–H and O–H groups in total. The predicted octanol–water partition coefficient (Wildman–Crippen LogP) is 1.63. The highest BCUT2D eigenvalue weighted by Gasteiger charge is 2.27. The van der Waals surface area contributed by atoms with E-state index < -0.39 is 0 Å². The first kappa shape index (κ1) is 12.5. The van der Waals surface area contributed by atoms with Crippen LogP contribution in [0.25, 0.3) is 0 Å². The first-order chi connectivity index (χ1) is 7.17. The van der Waals surface area contributed by atoms with Crippen LogP contribution in [-0.4, -0.2) is 37.0 Å². The molecule has 88 valence electrons. The highest BCUT2D eigenvalue weighted by molar-refractivity contribution is 5.78. The summed E-state index contributed by atoms with van der Waals surface area (Å²) >= 11 is 0. The number of hydrogen-bond donors (Lipinski definition) is 1. The molecule has 0 aromatic carbocycles. The van der Waals surface area contributed by atoms with Gasteiger partial charge in [0.15, 0.2) is 0 Å². The Morgan fingerprint density at radius 3 is 2.87 bits per heavy atom. The summed E-state index contributed by atoms with van der Waals surface area (Å²) in [5, 5.41) is 3.22. The quantitative estimate of drug-likeness (QED) is 0.726. The van der Waals surface area contributed by atoms with Crippen LogP contribution in [0.5, 0.6) is 0 Å². The second kappa shape index (κ2) is 6.11. The van der Waals surface area contributed by atoms with E-state index in [2.05, 4.69) is 19.2 Å². The van der Waals surface area contributed by atoms with Crippen LogP contribution in [0, 0.1) is 5.92 Å². The van der Waals surface area contributed by atoms with E-state index in [0.29, 0.717) is 17.9 Å². The maximum atomic E-state index is 11.6. The van der Waals surface area contributed by atoms with Crippen molar-refractivity contribution in [1.29, 1.82) is 0 Å². The molecule has 2 atom stereocenters. The van der Waals surface area contributed by atoms with E-state index in [-0.39, 0.29) is 0 Å². The van der Waals surface area contributed by atoms with Gasteiger partial charge in [-0.2, -0.15) is 0 Å². The van der Waals surface area contributed by atoms with Gasteiger partial charge in [-0.15, -0.1) is 0 Å². The molecule has 3 nitrogen and oxygen atoms in total. The van der Waals surface area contributed by atoms with Gasteiger partial charge in [0, 0.05) is 25.6 Å². The monoisotopic (exact) mass is 212 g/mol. The van der Waals surface area contributed by atoms with Gasteiger partial charge in [0.25, 0.3) is 0 Å². The largest absolute Gasteiger partial charge is 0.342 e. The van der Waals surface area contributed by atoms with Crippen molar-refractivity contribution in [2.75, 3.05) is 20.1 Å². The summed E-state index contributed by atoms with van der Waals surface area (Å²) in [6, 6.07) is 0.560. The molecule has 1 heterocycles. The first-order valence-electron chi connectivity index (χ1n) is 6.12. The lowest BCUT2D eigenvalue weighted by Crippen LogP contribution is -2.28. The molecular weight excluding hydrogens is 188 g/mol. The Morgan fingerprint density at radius 1 is 1.60 bits per heavy atom. The van der Waals surface area contributed by atoms with Gasteiger partial charge in [-0.05, 0) is 32.7 Å². The fraction of sp³-hybridized carbons (Fsp3) is 0.917. The Morgan fingerprint density at radius 2 is 2.33 bits per heavy atom. The second-order valence-electron chi connectivity index (χ2n) is 4.65. The molecule has 0 aromatic heterocycles. The fourth-order valence-electron chi connectivity index (χ4n) is 2.08. The van der Waals surface area contributed by atoms with Gasteiger partial charge < -0.3 is 10.2 Å². The number of carbonyl (C=O) groups is 1. The van der Waals surface area contributed by atoms with Gasteiger partial charge >= 0.3 is 0 Å². The first-order valence-corrected chi connectivity index (χ1v) is 6.12. The molecule has 0 aliphatic carbocycles. The van der Waals surface area contributed by atoms with Gasteiger partial charge in [0.1, 0.15) is 0 Å². The third kappa shape index (κ3) is 3.82. The smallest absolute Gasteiger partial charge is 0.222 e. The molecule has 1 amide bonds. The lowest BCUT2D eigenvalue weighted by Gasteiger charge is -2.17. The summed E-state index contributed by atoms with van der Waals surface area (Å²) in [4.78, 5) is 13.6. The van der Waals surface area contributed by atoms with E-state index in [1.807, 2.05) is 11.9 Å². The molecular formula is C12H24N2O. The molecule has 1 aliphatic rings. The molecule has 1 saturated heterocycles. The topological polar surface area (TPSA) is 32.3 Å². The average Bonchev–Trinajstić information content (AvgIpc) is 2.59. The van der Waals surface area contributed by atoms with Crippen LogP contribution in [0.3, 0.4) is 0 Å². The highest BCUT2D eigenvalue weighted by atomic mass is 16.2. The van der Waals surface area contributed by atoms with Crippen molar-refractivity contribution in [3.05, 3.63) is 0 Å². The van der Waals surface area contributed by atoms with Crippen molar-refractivity contribution >= 4 is 5.91 Å². The maximum Gasteiger partial charge on any atom is 0.222 e. The lowest BCUT2D eigenvalue weighted by molar-refractivity contribution is -0.127. The summed E-state index contributed by atoms with van der Waals surface area (Å²) in [6.07, 6.45) is 4.18. The number of nitrogens with one attached hydrogen (secondary N) is 1. The summed E-state index contributed by atoms with van der Waals surface area (Å²) in [5.41, 5.74) is 0. The Kier molecular flexibility index (Phi) is 5.09. The summed E-state index contributed by atoms with van der Waals surface area (Å²) in [5.74, 6) is 0.971. The fourth-order valence-corrected chi connectivity index (χ4v) is 2.08. The van der Waals surface area contributed by atoms with Crippen LogP contribution >= 0.6 is 0 Å². The summed E-state index contributed by atoms with van der Waals surface area (Å²) in [6.45, 7) is 6.29. The van der Waals surface area contributed by atoms with Gasteiger partial charge in [-0.1, -0.05) is 13.3 Å². The van der Waals surface area contributed by atoms with Crippen LogP contribution in [-0.2, 0) is 4.79 Å². The number of carbonyl (C=O) groups excluding carboxylic acids is 1. The van der Waals surface area contributed by atoms with Crippen molar-refractivity contribution in [2.24, 2.45) is 5.92 Å². The molecule has 0 bridgehead atoms. The number of likely N-dealkylation sites (tertiary alicyclic amines) is 1. The number of amides is 1. The van der Waals surface area contributed by atoms with Crippen molar-refractivity contribution < 1.29 is 4.79 Å². The standard InChI is InChI=1S/C12H24N2O/c1-4-11-8-12(15)14(9-11)7-5-6-10(2)13-3/h10-11,13H,4-9H2,1-3H3. The van der Waals surface area contributed by atoms with Crippen LogP contribution in [0.1, 0.15) is 39.5 Å². The molecule has 0 saturated carbocycles. The van der Waals surface area contributed by atoms with E-state index in [1.165, 1.54) is 0 Å². The number of hydrogen-bond acceptors (Lipinski definition) is 2. The molecule has 0 radical (unpaired) electrons. The molecule has 3 heteroatoms. The van der Waals surface area contributed by atoms with Gasteiger partial charge in [-0.25, -0.2) is 0 Å². The molecule has 15 heavy (non-hydrogen) atoms. The third-order valence-electron chi connectivity index (χ3n) is 3.43. The zero-order valence-electron chi connectivity index (χ0n) is 10.3. The Hall–Kier alpha value is -0.570. The molecule has 0 aromatic rings. The zero-order valence-corrected chi connectivity index (χ0v) is 10.3. The van der Waals surface area contributed by atoms with E-state index in [4.69, 9.17) is 0 Å². The minimum Gasteiger partial charge on any atom is -0.342 e. The van der Waals surface area contributed by atoms with E-state index >= 15 is 0 Å². The van der Waals surface area contributed by atoms with Crippen molar-refractivity contribution in [3.8, 4) is 0 Å². The van der Waals surface area contributed by atoms with Gasteiger partial charge in [0.2, 0.25) is 5.91 Å². The normalized spacial score (nSPS) is 23.5. The zero-order chi connectivity index (χ0) is 11.3. The van der Waals surface area contributed by atoms with Gasteiger partial charge in [0.05, 0.1) is 0 Å². The van der Waals surface area contributed by atoms with E-state index in [0.717, 1.165) is 38.8 Å². The van der Waals surface area contributed by atoms with Crippen molar-refractivity contribution in [2.45, 2.75) is 45.6 Å².